The van der Waals surface area contributed by atoms with Gasteiger partial charge in [-0.2, -0.15) is 5.10 Å². The number of aryl methyl sites for hydroxylation is 1. The first-order chi connectivity index (χ1) is 7.79. The molecule has 1 heterocycles. The number of aromatic nitrogens is 2. The summed E-state index contributed by atoms with van der Waals surface area (Å²) in [5.41, 5.74) is 0.839. The van der Waals surface area contributed by atoms with Crippen LogP contribution in [0.4, 0.5) is 0 Å². The van der Waals surface area contributed by atoms with Crippen LogP contribution in [0.3, 0.4) is 0 Å². The normalized spacial score (nSPS) is 13.5. The maximum absolute atomic E-state index is 11.8. The van der Waals surface area contributed by atoms with Gasteiger partial charge in [0.1, 0.15) is 5.69 Å². The minimum atomic E-state index is -0.0802. The lowest BCUT2D eigenvalue weighted by Crippen LogP contribution is -2.32. The second-order valence-electron chi connectivity index (χ2n) is 5.41. The molecule has 96 valence electrons. The standard InChI is InChI=1S/C12H20BrN3O/c1-12(2,3)7-9(13)8-14-11(17)10-5-6-15-16(10)4/h5-6,9H,7-8H2,1-4H3,(H,14,17). The quantitative estimate of drug-likeness (QED) is 0.868. The van der Waals surface area contributed by atoms with Crippen LogP contribution in [0.25, 0.3) is 0 Å². The molecule has 5 heteroatoms. The summed E-state index contributed by atoms with van der Waals surface area (Å²) >= 11 is 3.59. The van der Waals surface area contributed by atoms with Crippen molar-refractivity contribution in [2.24, 2.45) is 12.5 Å². The largest absolute Gasteiger partial charge is 0.350 e. The second kappa shape index (κ2) is 5.67. The number of carbonyl (C=O) groups excluding carboxylic acids is 1. The van der Waals surface area contributed by atoms with Gasteiger partial charge in [0, 0.05) is 24.6 Å². The molecule has 0 saturated heterocycles. The predicted molar refractivity (Wildman–Crippen MR) is 72.3 cm³/mol. The van der Waals surface area contributed by atoms with Gasteiger partial charge in [-0.15, -0.1) is 0 Å². The van der Waals surface area contributed by atoms with Gasteiger partial charge in [-0.05, 0) is 17.9 Å². The second-order valence-corrected chi connectivity index (χ2v) is 6.71. The molecule has 1 atom stereocenters. The molecule has 0 bridgehead atoms. The zero-order valence-corrected chi connectivity index (χ0v) is 12.4. The van der Waals surface area contributed by atoms with Gasteiger partial charge in [-0.25, -0.2) is 0 Å². The van der Waals surface area contributed by atoms with Crippen molar-refractivity contribution in [2.45, 2.75) is 32.0 Å². The summed E-state index contributed by atoms with van der Waals surface area (Å²) in [6, 6.07) is 1.71. The van der Waals surface area contributed by atoms with Crippen molar-refractivity contribution in [1.29, 1.82) is 0 Å². The Hall–Kier alpha value is -0.840. The number of amides is 1. The van der Waals surface area contributed by atoms with Crippen LogP contribution in [0, 0.1) is 5.41 Å². The molecule has 1 N–H and O–H groups in total. The van der Waals surface area contributed by atoms with E-state index in [1.807, 2.05) is 0 Å². The summed E-state index contributed by atoms with van der Waals surface area (Å²) in [5, 5.41) is 6.87. The molecule has 0 saturated carbocycles. The number of rotatable bonds is 4. The lowest BCUT2D eigenvalue weighted by atomic mass is 9.90. The lowest BCUT2D eigenvalue weighted by Gasteiger charge is -2.22. The molecule has 17 heavy (non-hydrogen) atoms. The zero-order chi connectivity index (χ0) is 13.1. The average Bonchev–Trinajstić information content (AvgIpc) is 2.58. The molecule has 0 radical (unpaired) electrons. The van der Waals surface area contributed by atoms with E-state index in [9.17, 15) is 4.79 Å². The van der Waals surface area contributed by atoms with Crippen LogP contribution in [0.1, 0.15) is 37.7 Å². The van der Waals surface area contributed by atoms with E-state index >= 15 is 0 Å². The van der Waals surface area contributed by atoms with Crippen LogP contribution in [-0.2, 0) is 7.05 Å². The Balaban J connectivity index is 2.42. The summed E-state index contributed by atoms with van der Waals surface area (Å²) in [6.45, 7) is 7.18. The third-order valence-corrected chi connectivity index (χ3v) is 3.02. The lowest BCUT2D eigenvalue weighted by molar-refractivity contribution is 0.0943. The van der Waals surface area contributed by atoms with Gasteiger partial charge < -0.3 is 5.32 Å². The van der Waals surface area contributed by atoms with Gasteiger partial charge in [-0.3, -0.25) is 9.48 Å². The van der Waals surface area contributed by atoms with Crippen molar-refractivity contribution in [2.75, 3.05) is 6.54 Å². The van der Waals surface area contributed by atoms with Gasteiger partial charge in [0.2, 0.25) is 0 Å². The van der Waals surface area contributed by atoms with Crippen LogP contribution in [0.15, 0.2) is 12.3 Å². The van der Waals surface area contributed by atoms with E-state index in [4.69, 9.17) is 0 Å². The van der Waals surface area contributed by atoms with Crippen molar-refractivity contribution < 1.29 is 4.79 Å². The first kappa shape index (κ1) is 14.2. The SMILES string of the molecule is Cn1nccc1C(=O)NCC(Br)CC(C)(C)C. The fourth-order valence-electron chi connectivity index (χ4n) is 1.63. The van der Waals surface area contributed by atoms with Crippen molar-refractivity contribution in [3.63, 3.8) is 0 Å². The summed E-state index contributed by atoms with van der Waals surface area (Å²) in [5.74, 6) is -0.0802. The van der Waals surface area contributed by atoms with Crippen LogP contribution < -0.4 is 5.32 Å². The highest BCUT2D eigenvalue weighted by molar-refractivity contribution is 9.09. The molecule has 1 aromatic rings. The number of hydrogen-bond acceptors (Lipinski definition) is 2. The molecule has 0 aliphatic heterocycles. The smallest absolute Gasteiger partial charge is 0.269 e. The van der Waals surface area contributed by atoms with Gasteiger partial charge >= 0.3 is 0 Å². The first-order valence-corrected chi connectivity index (χ1v) is 6.61. The first-order valence-electron chi connectivity index (χ1n) is 5.70. The molecular weight excluding hydrogens is 282 g/mol. The number of alkyl halides is 1. The third kappa shape index (κ3) is 4.89. The number of nitrogens with zero attached hydrogens (tertiary/aromatic N) is 2. The van der Waals surface area contributed by atoms with Crippen molar-refractivity contribution >= 4 is 21.8 Å². The Labute approximate surface area is 111 Å². The topological polar surface area (TPSA) is 46.9 Å². The van der Waals surface area contributed by atoms with Crippen LogP contribution in [0.5, 0.6) is 0 Å². The number of nitrogens with one attached hydrogen (secondary N) is 1. The van der Waals surface area contributed by atoms with Crippen molar-refractivity contribution in [3.05, 3.63) is 18.0 Å². The fourth-order valence-corrected chi connectivity index (χ4v) is 2.76. The van der Waals surface area contributed by atoms with Gasteiger partial charge in [0.05, 0.1) is 0 Å². The monoisotopic (exact) mass is 301 g/mol. The van der Waals surface area contributed by atoms with Gasteiger partial charge in [0.25, 0.3) is 5.91 Å². The number of halogens is 1. The Kier molecular flexibility index (Phi) is 4.74. The molecule has 0 aromatic carbocycles. The summed E-state index contributed by atoms with van der Waals surface area (Å²) in [7, 11) is 1.76. The molecule has 0 aliphatic rings. The Bertz CT molecular complexity index is 381. The minimum absolute atomic E-state index is 0.0802. The van der Waals surface area contributed by atoms with E-state index in [1.54, 1.807) is 24.0 Å². The van der Waals surface area contributed by atoms with Crippen LogP contribution in [-0.4, -0.2) is 27.1 Å². The maximum Gasteiger partial charge on any atom is 0.269 e. The van der Waals surface area contributed by atoms with Gasteiger partial charge in [0.15, 0.2) is 0 Å². The van der Waals surface area contributed by atoms with Gasteiger partial charge in [-0.1, -0.05) is 36.7 Å². The molecule has 1 aromatic heterocycles. The number of carbonyl (C=O) groups is 1. The van der Waals surface area contributed by atoms with E-state index < -0.39 is 0 Å². The molecule has 1 amide bonds. The Morgan fingerprint density at radius 1 is 1.59 bits per heavy atom. The van der Waals surface area contributed by atoms with E-state index in [1.165, 1.54) is 0 Å². The molecule has 0 spiro atoms. The van der Waals surface area contributed by atoms with E-state index in [0.717, 1.165) is 6.42 Å². The molecule has 1 unspecified atom stereocenters. The molecule has 4 nitrogen and oxygen atoms in total. The average molecular weight is 302 g/mol. The summed E-state index contributed by atoms with van der Waals surface area (Å²) in [6.07, 6.45) is 2.63. The molecule has 0 aliphatic carbocycles. The minimum Gasteiger partial charge on any atom is -0.350 e. The summed E-state index contributed by atoms with van der Waals surface area (Å²) < 4.78 is 1.57. The van der Waals surface area contributed by atoms with Crippen LogP contribution >= 0.6 is 15.9 Å². The summed E-state index contributed by atoms with van der Waals surface area (Å²) in [4.78, 5) is 12.1. The highest BCUT2D eigenvalue weighted by atomic mass is 79.9. The highest BCUT2D eigenvalue weighted by Gasteiger charge is 2.17. The van der Waals surface area contributed by atoms with E-state index in [-0.39, 0.29) is 11.3 Å². The molecule has 1 rings (SSSR count). The van der Waals surface area contributed by atoms with Crippen molar-refractivity contribution in [3.8, 4) is 0 Å². The Morgan fingerprint density at radius 2 is 2.24 bits per heavy atom. The van der Waals surface area contributed by atoms with Crippen molar-refractivity contribution in [1.82, 2.24) is 15.1 Å². The maximum atomic E-state index is 11.8. The van der Waals surface area contributed by atoms with Crippen LogP contribution in [0.2, 0.25) is 0 Å². The van der Waals surface area contributed by atoms with E-state index in [2.05, 4.69) is 47.1 Å². The third-order valence-electron chi connectivity index (χ3n) is 2.37. The Morgan fingerprint density at radius 3 is 2.71 bits per heavy atom. The molecular formula is C12H20BrN3O. The fraction of sp³-hybridized carbons (Fsp3) is 0.667. The van der Waals surface area contributed by atoms with E-state index in [0.29, 0.717) is 17.1 Å². The predicted octanol–water partition coefficient (Wildman–Crippen LogP) is 2.35. The molecule has 0 fully saturated rings. The number of hydrogen-bond donors (Lipinski definition) is 1. The zero-order valence-electron chi connectivity index (χ0n) is 10.8. The highest BCUT2D eigenvalue weighted by Crippen LogP contribution is 2.24.